The molecule has 8 heteroatoms. The molecule has 0 aliphatic rings. The van der Waals surface area contributed by atoms with E-state index in [1.54, 1.807) is 0 Å². The lowest BCUT2D eigenvalue weighted by Gasteiger charge is -2.12. The Bertz CT molecular complexity index is 525. The van der Waals surface area contributed by atoms with Gasteiger partial charge in [-0.3, -0.25) is 9.59 Å². The van der Waals surface area contributed by atoms with Crippen molar-refractivity contribution in [2.45, 2.75) is 6.18 Å². The third-order valence-corrected chi connectivity index (χ3v) is 2.25. The minimum atomic E-state index is -5.27. The molecule has 0 aromatic heterocycles. The van der Waals surface area contributed by atoms with Crippen molar-refractivity contribution in [1.82, 2.24) is 0 Å². The maximum absolute atomic E-state index is 12.2. The fourth-order valence-electron chi connectivity index (χ4n) is 1.37. The largest absolute Gasteiger partial charge is 0.497 e. The normalized spacial score (nSPS) is 11.0. The van der Waals surface area contributed by atoms with Gasteiger partial charge in [-0.2, -0.15) is 13.2 Å². The SMILES string of the molecule is COc1cc(N)c(C(=O)C(=O)C(F)(F)F)c(OC)c1. The van der Waals surface area contributed by atoms with Crippen molar-refractivity contribution in [1.29, 1.82) is 0 Å². The quantitative estimate of drug-likeness (QED) is 0.513. The average molecular weight is 277 g/mol. The number of halogens is 3. The maximum atomic E-state index is 12.2. The lowest BCUT2D eigenvalue weighted by molar-refractivity contribution is -0.165. The molecular weight excluding hydrogens is 267 g/mol. The van der Waals surface area contributed by atoms with E-state index in [2.05, 4.69) is 0 Å². The average Bonchev–Trinajstić information content (AvgIpc) is 2.34. The van der Waals surface area contributed by atoms with E-state index >= 15 is 0 Å². The molecule has 1 aromatic carbocycles. The van der Waals surface area contributed by atoms with Gasteiger partial charge >= 0.3 is 12.0 Å². The molecule has 19 heavy (non-hydrogen) atoms. The third kappa shape index (κ3) is 2.95. The highest BCUT2D eigenvalue weighted by Crippen LogP contribution is 2.32. The van der Waals surface area contributed by atoms with Crippen LogP contribution in [0.3, 0.4) is 0 Å². The minimum Gasteiger partial charge on any atom is -0.497 e. The number of ether oxygens (including phenoxy) is 2. The van der Waals surface area contributed by atoms with Crippen molar-refractivity contribution < 1.29 is 32.2 Å². The van der Waals surface area contributed by atoms with E-state index in [4.69, 9.17) is 15.2 Å². The van der Waals surface area contributed by atoms with Crippen LogP contribution in [0.2, 0.25) is 0 Å². The highest BCUT2D eigenvalue weighted by Gasteiger charge is 2.45. The molecule has 5 nitrogen and oxygen atoms in total. The van der Waals surface area contributed by atoms with Crippen LogP contribution in [0.5, 0.6) is 11.5 Å². The number of benzene rings is 1. The number of hydrogen-bond donors (Lipinski definition) is 1. The van der Waals surface area contributed by atoms with Crippen LogP contribution in [0.1, 0.15) is 10.4 Å². The van der Waals surface area contributed by atoms with Gasteiger partial charge in [-0.1, -0.05) is 0 Å². The summed E-state index contributed by atoms with van der Waals surface area (Å²) in [5.74, 6) is -4.36. The summed E-state index contributed by atoms with van der Waals surface area (Å²) >= 11 is 0. The predicted octanol–water partition coefficient (Wildman–Crippen LogP) is 1.60. The first-order chi connectivity index (χ1) is 8.72. The molecule has 0 heterocycles. The predicted molar refractivity (Wildman–Crippen MR) is 59.4 cm³/mol. The molecule has 0 saturated heterocycles. The molecule has 1 rings (SSSR count). The van der Waals surface area contributed by atoms with Crippen molar-refractivity contribution in [3.05, 3.63) is 17.7 Å². The van der Waals surface area contributed by atoms with Gasteiger partial charge in [-0.05, 0) is 0 Å². The first-order valence-electron chi connectivity index (χ1n) is 4.89. The second-order valence-electron chi connectivity index (χ2n) is 3.45. The Hall–Kier alpha value is -2.25. The number of ketones is 2. The Balaban J connectivity index is 3.35. The first-order valence-corrected chi connectivity index (χ1v) is 4.89. The Kier molecular flexibility index (Phi) is 4.03. The number of anilines is 1. The summed E-state index contributed by atoms with van der Waals surface area (Å²) < 4.78 is 46.2. The zero-order chi connectivity index (χ0) is 14.8. The van der Waals surface area contributed by atoms with Crippen molar-refractivity contribution in [3.63, 3.8) is 0 Å². The van der Waals surface area contributed by atoms with Crippen LogP contribution in [0.25, 0.3) is 0 Å². The number of carbonyl (C=O) groups excluding carboxylic acids is 2. The van der Waals surface area contributed by atoms with Gasteiger partial charge in [0.1, 0.15) is 11.5 Å². The number of carbonyl (C=O) groups is 2. The molecule has 1 aromatic rings. The molecule has 0 atom stereocenters. The summed E-state index contributed by atoms with van der Waals surface area (Å²) in [6.45, 7) is 0. The third-order valence-electron chi connectivity index (χ3n) is 2.25. The number of Topliss-reactive ketones (excluding diaryl/α,β-unsaturated/α-hetero) is 2. The Labute approximate surface area is 106 Å². The molecule has 2 N–H and O–H groups in total. The van der Waals surface area contributed by atoms with Crippen LogP contribution in [-0.2, 0) is 4.79 Å². The van der Waals surface area contributed by atoms with Gasteiger partial charge in [0.15, 0.2) is 0 Å². The molecular formula is C11H10F3NO4. The summed E-state index contributed by atoms with van der Waals surface area (Å²) in [6, 6.07) is 2.28. The number of methoxy groups -OCH3 is 2. The van der Waals surface area contributed by atoms with Crippen LogP contribution in [0, 0.1) is 0 Å². The van der Waals surface area contributed by atoms with E-state index < -0.39 is 23.3 Å². The topological polar surface area (TPSA) is 78.6 Å². The molecule has 0 bridgehead atoms. The number of nitrogens with two attached hydrogens (primary N) is 1. The molecule has 0 unspecified atom stereocenters. The molecule has 0 spiro atoms. The van der Waals surface area contributed by atoms with E-state index in [1.807, 2.05) is 0 Å². The molecule has 0 aliphatic heterocycles. The van der Waals surface area contributed by atoms with Gasteiger partial charge in [0, 0.05) is 12.1 Å². The molecule has 0 radical (unpaired) electrons. The van der Waals surface area contributed by atoms with Gasteiger partial charge < -0.3 is 15.2 Å². The van der Waals surface area contributed by atoms with E-state index in [0.717, 1.165) is 19.2 Å². The maximum Gasteiger partial charge on any atom is 0.458 e. The Morgan fingerprint density at radius 1 is 1.16 bits per heavy atom. The summed E-state index contributed by atoms with van der Waals surface area (Å²) in [6.07, 6.45) is -5.27. The summed E-state index contributed by atoms with van der Waals surface area (Å²) in [4.78, 5) is 22.4. The van der Waals surface area contributed by atoms with E-state index in [0.29, 0.717) is 0 Å². The zero-order valence-electron chi connectivity index (χ0n) is 10.00. The lowest BCUT2D eigenvalue weighted by Crippen LogP contribution is -2.31. The standard InChI is InChI=1S/C11H10F3NO4/c1-18-5-3-6(15)8(7(4-5)19-2)9(16)10(17)11(12,13)14/h3-4H,15H2,1-2H3. The number of nitrogen functional groups attached to an aromatic ring is 1. The van der Waals surface area contributed by atoms with E-state index in [-0.39, 0.29) is 17.2 Å². The van der Waals surface area contributed by atoms with Gasteiger partial charge in [0.2, 0.25) is 5.78 Å². The van der Waals surface area contributed by atoms with Crippen molar-refractivity contribution in [3.8, 4) is 11.5 Å². The molecule has 0 amide bonds. The van der Waals surface area contributed by atoms with Gasteiger partial charge in [0.05, 0.1) is 25.5 Å². The van der Waals surface area contributed by atoms with Crippen LogP contribution >= 0.6 is 0 Å². The zero-order valence-corrected chi connectivity index (χ0v) is 10.00. The van der Waals surface area contributed by atoms with Crippen molar-refractivity contribution in [2.75, 3.05) is 20.0 Å². The number of alkyl halides is 3. The van der Waals surface area contributed by atoms with E-state index in [9.17, 15) is 22.8 Å². The Morgan fingerprint density at radius 3 is 2.16 bits per heavy atom. The first kappa shape index (κ1) is 14.8. The van der Waals surface area contributed by atoms with Gasteiger partial charge in [-0.15, -0.1) is 0 Å². The van der Waals surface area contributed by atoms with Crippen LogP contribution in [0.15, 0.2) is 12.1 Å². The molecule has 0 fully saturated rings. The fourth-order valence-corrected chi connectivity index (χ4v) is 1.37. The van der Waals surface area contributed by atoms with E-state index in [1.165, 1.54) is 7.11 Å². The molecule has 0 saturated carbocycles. The summed E-state index contributed by atoms with van der Waals surface area (Å²) in [5.41, 5.74) is 4.49. The van der Waals surface area contributed by atoms with Crippen LogP contribution in [0.4, 0.5) is 18.9 Å². The van der Waals surface area contributed by atoms with Gasteiger partial charge in [-0.25, -0.2) is 0 Å². The summed E-state index contributed by atoms with van der Waals surface area (Å²) in [7, 11) is 2.43. The summed E-state index contributed by atoms with van der Waals surface area (Å²) in [5, 5.41) is 0. The van der Waals surface area contributed by atoms with Gasteiger partial charge in [0.25, 0.3) is 0 Å². The van der Waals surface area contributed by atoms with Crippen molar-refractivity contribution >= 4 is 17.3 Å². The Morgan fingerprint density at radius 2 is 1.74 bits per heavy atom. The smallest absolute Gasteiger partial charge is 0.458 e. The fraction of sp³-hybridized carbons (Fsp3) is 0.273. The highest BCUT2D eigenvalue weighted by atomic mass is 19.4. The van der Waals surface area contributed by atoms with Crippen molar-refractivity contribution in [2.24, 2.45) is 0 Å². The number of hydrogen-bond acceptors (Lipinski definition) is 5. The second kappa shape index (κ2) is 5.17. The second-order valence-corrected chi connectivity index (χ2v) is 3.45. The van der Waals surface area contributed by atoms with Crippen LogP contribution in [-0.4, -0.2) is 32.0 Å². The van der Waals surface area contributed by atoms with Crippen LogP contribution < -0.4 is 15.2 Å². The number of rotatable bonds is 4. The lowest BCUT2D eigenvalue weighted by atomic mass is 10.0. The molecule has 0 aliphatic carbocycles. The minimum absolute atomic E-state index is 0.186. The monoisotopic (exact) mass is 277 g/mol. The molecule has 104 valence electrons. The highest BCUT2D eigenvalue weighted by molar-refractivity contribution is 6.47.